The summed E-state index contributed by atoms with van der Waals surface area (Å²) >= 11 is 0. The lowest BCUT2D eigenvalue weighted by Gasteiger charge is -2.60. The van der Waals surface area contributed by atoms with E-state index in [1.165, 1.54) is 5.57 Å². The van der Waals surface area contributed by atoms with Crippen molar-refractivity contribution in [3.05, 3.63) is 11.6 Å². The van der Waals surface area contributed by atoms with E-state index < -0.39 is 86.0 Å². The van der Waals surface area contributed by atoms with Crippen molar-refractivity contribution < 1.29 is 69.3 Å². The molecule has 4 aliphatic heterocycles. The van der Waals surface area contributed by atoms with Crippen LogP contribution in [0.1, 0.15) is 85.5 Å². The first kappa shape index (κ1) is 39.0. The molecule has 53 heavy (non-hydrogen) atoms. The molecule has 21 atom stereocenters. The van der Waals surface area contributed by atoms with E-state index in [4.69, 9.17) is 28.4 Å². The molecule has 14 heteroatoms. The first-order valence-corrected chi connectivity index (χ1v) is 20.1. The van der Waals surface area contributed by atoms with Gasteiger partial charge in [-0.1, -0.05) is 39.3 Å². The molecule has 0 aromatic heterocycles. The molecular formula is C39H62O14. The van der Waals surface area contributed by atoms with Crippen molar-refractivity contribution in [1.29, 1.82) is 0 Å². The van der Waals surface area contributed by atoms with Crippen LogP contribution in [0.15, 0.2) is 11.6 Å². The van der Waals surface area contributed by atoms with Gasteiger partial charge in [-0.3, -0.25) is 0 Å². The number of hydrogen-bond donors (Lipinski definition) is 8. The molecule has 1 spiro atoms. The highest BCUT2D eigenvalue weighted by Crippen LogP contribution is 2.72. The van der Waals surface area contributed by atoms with Crippen LogP contribution in [0.5, 0.6) is 0 Å². The van der Waals surface area contributed by atoms with Crippen molar-refractivity contribution in [3.8, 4) is 0 Å². The van der Waals surface area contributed by atoms with Crippen molar-refractivity contribution in [2.45, 2.75) is 170 Å². The zero-order valence-electron chi connectivity index (χ0n) is 31.4. The fraction of sp³-hybridized carbons (Fsp3) is 0.949. The molecule has 0 bridgehead atoms. The second kappa shape index (κ2) is 13.9. The largest absolute Gasteiger partial charge is 0.394 e. The van der Waals surface area contributed by atoms with Gasteiger partial charge in [-0.15, -0.1) is 0 Å². The molecule has 0 amide bonds. The quantitative estimate of drug-likeness (QED) is 0.173. The molecular weight excluding hydrogens is 692 g/mol. The Bertz CT molecular complexity index is 1370. The predicted octanol–water partition coefficient (Wildman–Crippen LogP) is 0.477. The molecule has 3 saturated carbocycles. The average molecular weight is 755 g/mol. The zero-order valence-corrected chi connectivity index (χ0v) is 31.4. The maximum absolute atomic E-state index is 12.7. The number of aliphatic hydroxyl groups is 8. The minimum absolute atomic E-state index is 0.0374. The third kappa shape index (κ3) is 5.79. The van der Waals surface area contributed by atoms with E-state index >= 15 is 0 Å². The van der Waals surface area contributed by atoms with E-state index in [9.17, 15) is 40.9 Å². The molecule has 302 valence electrons. The summed E-state index contributed by atoms with van der Waals surface area (Å²) in [7, 11) is 0. The maximum atomic E-state index is 12.7. The molecule has 4 aliphatic carbocycles. The van der Waals surface area contributed by atoms with Gasteiger partial charge in [0.1, 0.15) is 54.4 Å². The second-order valence-electron chi connectivity index (χ2n) is 18.4. The summed E-state index contributed by atoms with van der Waals surface area (Å²) in [6.45, 7) is 8.44. The van der Waals surface area contributed by atoms with E-state index in [0.29, 0.717) is 43.1 Å². The average Bonchev–Trinajstić information content (AvgIpc) is 3.50. The van der Waals surface area contributed by atoms with Gasteiger partial charge in [-0.25, -0.2) is 0 Å². The van der Waals surface area contributed by atoms with E-state index in [1.807, 2.05) is 0 Å². The highest BCUT2D eigenvalue weighted by atomic mass is 16.7. The van der Waals surface area contributed by atoms with Gasteiger partial charge in [0.25, 0.3) is 0 Å². The van der Waals surface area contributed by atoms with Crippen LogP contribution in [0.3, 0.4) is 0 Å². The Hall–Kier alpha value is -0.820. The van der Waals surface area contributed by atoms with Gasteiger partial charge in [0, 0.05) is 17.8 Å². The van der Waals surface area contributed by atoms with E-state index in [0.717, 1.165) is 44.9 Å². The van der Waals surface area contributed by atoms with Crippen molar-refractivity contribution in [2.75, 3.05) is 19.8 Å². The summed E-state index contributed by atoms with van der Waals surface area (Å²) in [5.41, 5.74) is 0.0943. The number of allylic oxidation sites excluding steroid dienone is 1. The molecule has 0 aromatic carbocycles. The fourth-order valence-electron chi connectivity index (χ4n) is 12.5. The predicted molar refractivity (Wildman–Crippen MR) is 184 cm³/mol. The minimum Gasteiger partial charge on any atom is -0.394 e. The Labute approximate surface area is 311 Å². The van der Waals surface area contributed by atoms with Gasteiger partial charge >= 0.3 is 0 Å². The first-order chi connectivity index (χ1) is 25.1. The molecule has 4 saturated heterocycles. The van der Waals surface area contributed by atoms with E-state index in [-0.39, 0.29) is 29.0 Å². The van der Waals surface area contributed by atoms with Crippen LogP contribution in [0.4, 0.5) is 0 Å². The molecule has 8 rings (SSSR count). The van der Waals surface area contributed by atoms with Crippen LogP contribution in [-0.4, -0.2) is 146 Å². The molecule has 8 N–H and O–H groups in total. The smallest absolute Gasteiger partial charge is 0.187 e. The number of aliphatic hydroxyl groups excluding tert-OH is 7. The molecule has 0 aromatic rings. The Balaban J connectivity index is 0.925. The van der Waals surface area contributed by atoms with Crippen LogP contribution in [0.25, 0.3) is 0 Å². The van der Waals surface area contributed by atoms with Crippen LogP contribution in [-0.2, 0) is 28.4 Å². The van der Waals surface area contributed by atoms with Crippen molar-refractivity contribution in [3.63, 3.8) is 0 Å². The third-order valence-corrected chi connectivity index (χ3v) is 15.9. The number of rotatable bonds is 6. The number of fused-ring (bicyclic) bond motifs is 7. The van der Waals surface area contributed by atoms with Gasteiger partial charge < -0.3 is 69.3 Å². The zero-order chi connectivity index (χ0) is 37.8. The third-order valence-electron chi connectivity index (χ3n) is 15.9. The standard InChI is InChI=1S/C39H62O14/c1-18-7-12-38(48-17-18)19(2)39(47)27(53-38)14-24-22-6-5-20-13-21(8-10-36(20,3)23(22)9-11-37(24,39)4)49-34-32(46)30(44)33(26(16-41)51-34)52-35-31(45)29(43)28(42)25(15-40)50-35/h5,18-19,21-35,40-47H,6-17H2,1-4H3/t18-,19-,21+,22-,23+,24+,25-,26-,27+,28-,29+,30-,31-,32-,33+,34-,35+,36+,37+,38-,39-/m1/s1. The maximum Gasteiger partial charge on any atom is 0.187 e. The Morgan fingerprint density at radius 2 is 1.49 bits per heavy atom. The normalized spacial score (nSPS) is 58.0. The number of ether oxygens (including phenoxy) is 6. The monoisotopic (exact) mass is 754 g/mol. The van der Waals surface area contributed by atoms with E-state index in [1.54, 1.807) is 0 Å². The summed E-state index contributed by atoms with van der Waals surface area (Å²) < 4.78 is 36.6. The van der Waals surface area contributed by atoms with Crippen LogP contribution in [0, 0.1) is 40.4 Å². The molecule has 4 heterocycles. The van der Waals surface area contributed by atoms with Gasteiger partial charge in [0.15, 0.2) is 18.4 Å². The SMILES string of the molecule is C[C@@H]1CC[C@@]2(OC1)O[C@H]1C[C@H]3[C@@H]4CC=C5C[C@@H](O[C@@H]6O[C@H](CO)[C@H](O[C@@H]7O[C@H](CO)[C@@H](O)[C@H](O)[C@H]7O)[C@H](O)[C@H]6O)CC[C@]5(C)[C@H]4CC[C@]3(C)[C@@]1(O)[C@@H]2C. The lowest BCUT2D eigenvalue weighted by molar-refractivity contribution is -0.363. The van der Waals surface area contributed by atoms with Crippen LogP contribution in [0.2, 0.25) is 0 Å². The van der Waals surface area contributed by atoms with Gasteiger partial charge in [-0.2, -0.15) is 0 Å². The van der Waals surface area contributed by atoms with Crippen molar-refractivity contribution in [2.24, 2.45) is 40.4 Å². The Morgan fingerprint density at radius 1 is 0.792 bits per heavy atom. The highest BCUT2D eigenvalue weighted by Gasteiger charge is 2.76. The summed E-state index contributed by atoms with van der Waals surface area (Å²) in [6, 6.07) is 0. The van der Waals surface area contributed by atoms with Crippen LogP contribution >= 0.6 is 0 Å². The van der Waals surface area contributed by atoms with Crippen molar-refractivity contribution in [1.82, 2.24) is 0 Å². The lowest BCUT2D eigenvalue weighted by atomic mass is 9.46. The Morgan fingerprint density at radius 3 is 2.19 bits per heavy atom. The van der Waals surface area contributed by atoms with Gasteiger partial charge in [0.05, 0.1) is 32.0 Å². The minimum atomic E-state index is -1.73. The number of hydrogen-bond acceptors (Lipinski definition) is 14. The van der Waals surface area contributed by atoms with Gasteiger partial charge in [0.2, 0.25) is 0 Å². The fourth-order valence-corrected chi connectivity index (χ4v) is 12.5. The van der Waals surface area contributed by atoms with Gasteiger partial charge in [-0.05, 0) is 80.5 Å². The molecule has 14 nitrogen and oxygen atoms in total. The Kier molecular flexibility index (Phi) is 10.3. The lowest BCUT2D eigenvalue weighted by Crippen LogP contribution is -2.65. The van der Waals surface area contributed by atoms with Crippen LogP contribution < -0.4 is 0 Å². The molecule has 0 unspecified atom stereocenters. The first-order valence-electron chi connectivity index (χ1n) is 20.1. The summed E-state index contributed by atoms with van der Waals surface area (Å²) in [5, 5.41) is 85.4. The second-order valence-corrected chi connectivity index (χ2v) is 18.4. The summed E-state index contributed by atoms with van der Waals surface area (Å²) in [6.07, 6.45) is -5.19. The van der Waals surface area contributed by atoms with E-state index in [2.05, 4.69) is 33.8 Å². The highest BCUT2D eigenvalue weighted by molar-refractivity contribution is 5.29. The summed E-state index contributed by atoms with van der Waals surface area (Å²) in [5.74, 6) is 0.924. The molecule has 0 radical (unpaired) electrons. The van der Waals surface area contributed by atoms with Crippen molar-refractivity contribution >= 4 is 0 Å². The molecule has 8 aliphatic rings. The molecule has 7 fully saturated rings. The topological polar surface area (TPSA) is 217 Å². The summed E-state index contributed by atoms with van der Waals surface area (Å²) in [4.78, 5) is 0.